The summed E-state index contributed by atoms with van der Waals surface area (Å²) in [6.07, 6.45) is 0. The van der Waals surface area contributed by atoms with Gasteiger partial charge in [-0.3, -0.25) is 0 Å². The third-order valence-corrected chi connectivity index (χ3v) is 2.93. The van der Waals surface area contributed by atoms with Crippen LogP contribution in [0.25, 0.3) is 0 Å². The van der Waals surface area contributed by atoms with Crippen molar-refractivity contribution in [2.45, 2.75) is 19.5 Å². The lowest BCUT2D eigenvalue weighted by atomic mass is 10.2. The molecule has 0 heterocycles. The summed E-state index contributed by atoms with van der Waals surface area (Å²) in [6, 6.07) is 6.17. The molecule has 0 amide bonds. The molecule has 0 saturated carbocycles. The summed E-state index contributed by atoms with van der Waals surface area (Å²) in [7, 11) is 1.70. The Labute approximate surface area is 104 Å². The van der Waals surface area contributed by atoms with Crippen LogP contribution in [0.5, 0.6) is 0 Å². The zero-order valence-corrected chi connectivity index (χ0v) is 11.2. The van der Waals surface area contributed by atoms with E-state index < -0.39 is 0 Å². The zero-order valence-electron chi connectivity index (χ0n) is 8.89. The minimum Gasteiger partial charge on any atom is -0.383 e. The summed E-state index contributed by atoms with van der Waals surface area (Å²) >= 11 is 9.49. The number of methoxy groups -OCH3 is 1. The molecule has 1 rings (SSSR count). The number of nitrogens with one attached hydrogen (secondary N) is 1. The summed E-state index contributed by atoms with van der Waals surface area (Å²) in [4.78, 5) is 0. The molecule has 1 unspecified atom stereocenters. The van der Waals surface area contributed by atoms with E-state index in [0.717, 1.165) is 21.6 Å². The maximum Gasteiger partial charge on any atom is 0.0613 e. The Bertz CT molecular complexity index is 319. The lowest BCUT2D eigenvalue weighted by Gasteiger charge is -2.13. The molecule has 0 fully saturated rings. The number of rotatable bonds is 5. The molecule has 0 aliphatic heterocycles. The fraction of sp³-hybridized carbons (Fsp3) is 0.455. The lowest BCUT2D eigenvalue weighted by Crippen LogP contribution is -2.29. The third-order valence-electron chi connectivity index (χ3n) is 2.07. The molecule has 0 spiro atoms. The van der Waals surface area contributed by atoms with Crippen molar-refractivity contribution in [3.05, 3.63) is 33.3 Å². The second-order valence-electron chi connectivity index (χ2n) is 3.47. The van der Waals surface area contributed by atoms with E-state index in [9.17, 15) is 0 Å². The molecule has 4 heteroatoms. The lowest BCUT2D eigenvalue weighted by molar-refractivity contribution is 0.171. The minimum atomic E-state index is 0.324. The van der Waals surface area contributed by atoms with Gasteiger partial charge in [-0.1, -0.05) is 27.5 Å². The van der Waals surface area contributed by atoms with Crippen LogP contribution in [0.15, 0.2) is 22.7 Å². The molecule has 0 aromatic heterocycles. The number of ether oxygens (including phenoxy) is 1. The maximum atomic E-state index is 6.06. The van der Waals surface area contributed by atoms with E-state index in [1.165, 1.54) is 0 Å². The zero-order chi connectivity index (χ0) is 11.3. The van der Waals surface area contributed by atoms with Crippen LogP contribution in [0.4, 0.5) is 0 Å². The summed E-state index contributed by atoms with van der Waals surface area (Å²) < 4.78 is 6.09. The Morgan fingerprint density at radius 1 is 1.53 bits per heavy atom. The van der Waals surface area contributed by atoms with E-state index >= 15 is 0 Å². The molecule has 84 valence electrons. The van der Waals surface area contributed by atoms with Crippen LogP contribution in [-0.2, 0) is 11.3 Å². The first-order chi connectivity index (χ1) is 7.13. The Kier molecular flexibility index (Phi) is 5.61. The summed E-state index contributed by atoms with van der Waals surface area (Å²) in [5, 5.41) is 4.12. The predicted molar refractivity (Wildman–Crippen MR) is 67.3 cm³/mol. The monoisotopic (exact) mass is 291 g/mol. The van der Waals surface area contributed by atoms with Gasteiger partial charge in [0, 0.05) is 29.2 Å². The molecule has 1 atom stereocenters. The van der Waals surface area contributed by atoms with Crippen molar-refractivity contribution in [2.75, 3.05) is 13.7 Å². The van der Waals surface area contributed by atoms with Crippen molar-refractivity contribution < 1.29 is 4.74 Å². The Balaban J connectivity index is 2.53. The topological polar surface area (TPSA) is 21.3 Å². The third kappa shape index (κ3) is 4.51. The van der Waals surface area contributed by atoms with E-state index in [1.54, 1.807) is 7.11 Å². The van der Waals surface area contributed by atoms with Gasteiger partial charge in [0.2, 0.25) is 0 Å². The molecular formula is C11H15BrClNO. The van der Waals surface area contributed by atoms with Crippen molar-refractivity contribution in [3.63, 3.8) is 0 Å². The average molecular weight is 293 g/mol. The molecule has 15 heavy (non-hydrogen) atoms. The van der Waals surface area contributed by atoms with E-state index in [4.69, 9.17) is 16.3 Å². The summed E-state index contributed by atoms with van der Waals surface area (Å²) in [5.41, 5.74) is 1.09. The van der Waals surface area contributed by atoms with Gasteiger partial charge in [-0.15, -0.1) is 0 Å². The van der Waals surface area contributed by atoms with Gasteiger partial charge < -0.3 is 10.1 Å². The number of hydrogen-bond acceptors (Lipinski definition) is 2. The van der Waals surface area contributed by atoms with Crippen LogP contribution < -0.4 is 5.32 Å². The first-order valence-electron chi connectivity index (χ1n) is 4.79. The Morgan fingerprint density at radius 3 is 2.93 bits per heavy atom. The molecule has 2 nitrogen and oxygen atoms in total. The second kappa shape index (κ2) is 6.48. The fourth-order valence-corrected chi connectivity index (χ4v) is 1.86. The normalized spacial score (nSPS) is 12.8. The first-order valence-corrected chi connectivity index (χ1v) is 5.97. The van der Waals surface area contributed by atoms with Crippen LogP contribution in [0.2, 0.25) is 5.02 Å². The smallest absolute Gasteiger partial charge is 0.0613 e. The predicted octanol–water partition coefficient (Wildman–Crippen LogP) is 3.23. The van der Waals surface area contributed by atoms with Gasteiger partial charge in [0.25, 0.3) is 0 Å². The highest BCUT2D eigenvalue weighted by Crippen LogP contribution is 2.20. The van der Waals surface area contributed by atoms with Crippen LogP contribution >= 0.6 is 27.5 Å². The minimum absolute atomic E-state index is 0.324. The van der Waals surface area contributed by atoms with Crippen molar-refractivity contribution >= 4 is 27.5 Å². The highest BCUT2D eigenvalue weighted by Gasteiger charge is 2.04. The molecule has 1 aromatic rings. The van der Waals surface area contributed by atoms with E-state index in [1.807, 2.05) is 18.2 Å². The molecule has 1 aromatic carbocycles. The van der Waals surface area contributed by atoms with Crippen molar-refractivity contribution in [1.82, 2.24) is 5.32 Å². The molecule has 0 radical (unpaired) electrons. The van der Waals surface area contributed by atoms with Crippen molar-refractivity contribution in [3.8, 4) is 0 Å². The van der Waals surface area contributed by atoms with E-state index in [0.29, 0.717) is 12.6 Å². The maximum absolute atomic E-state index is 6.06. The van der Waals surface area contributed by atoms with Gasteiger partial charge in [0.05, 0.1) is 6.61 Å². The van der Waals surface area contributed by atoms with Gasteiger partial charge in [-0.25, -0.2) is 0 Å². The fourth-order valence-electron chi connectivity index (χ4n) is 1.27. The van der Waals surface area contributed by atoms with Crippen LogP contribution in [0.3, 0.4) is 0 Å². The molecule has 0 bridgehead atoms. The van der Waals surface area contributed by atoms with Crippen LogP contribution in [0.1, 0.15) is 12.5 Å². The number of hydrogen-bond donors (Lipinski definition) is 1. The average Bonchev–Trinajstić information content (AvgIpc) is 2.20. The van der Waals surface area contributed by atoms with Crippen LogP contribution in [-0.4, -0.2) is 19.8 Å². The number of benzene rings is 1. The van der Waals surface area contributed by atoms with Gasteiger partial charge >= 0.3 is 0 Å². The first kappa shape index (κ1) is 13.0. The van der Waals surface area contributed by atoms with Gasteiger partial charge in [-0.05, 0) is 30.7 Å². The van der Waals surface area contributed by atoms with E-state index in [-0.39, 0.29) is 0 Å². The van der Waals surface area contributed by atoms with E-state index in [2.05, 4.69) is 28.2 Å². The Morgan fingerprint density at radius 2 is 2.27 bits per heavy atom. The second-order valence-corrected chi connectivity index (χ2v) is 4.80. The SMILES string of the molecule is COCC(C)NCc1cc(Br)ccc1Cl. The van der Waals surface area contributed by atoms with Crippen LogP contribution in [0, 0.1) is 0 Å². The largest absolute Gasteiger partial charge is 0.383 e. The Hall–Kier alpha value is -0.0900. The van der Waals surface area contributed by atoms with Crippen molar-refractivity contribution in [2.24, 2.45) is 0 Å². The highest BCUT2D eigenvalue weighted by molar-refractivity contribution is 9.10. The van der Waals surface area contributed by atoms with Crippen molar-refractivity contribution in [1.29, 1.82) is 0 Å². The molecular weight excluding hydrogens is 277 g/mol. The molecule has 0 aliphatic rings. The summed E-state index contributed by atoms with van der Waals surface area (Å²) in [6.45, 7) is 3.53. The van der Waals surface area contributed by atoms with Gasteiger partial charge in [-0.2, -0.15) is 0 Å². The quantitative estimate of drug-likeness (QED) is 0.900. The van der Waals surface area contributed by atoms with Gasteiger partial charge in [0.1, 0.15) is 0 Å². The number of halogens is 2. The molecule has 0 saturated heterocycles. The molecule has 1 N–H and O–H groups in total. The van der Waals surface area contributed by atoms with Gasteiger partial charge in [0.15, 0.2) is 0 Å². The highest BCUT2D eigenvalue weighted by atomic mass is 79.9. The summed E-state index contributed by atoms with van der Waals surface area (Å²) in [5.74, 6) is 0. The molecule has 0 aliphatic carbocycles. The standard InChI is InChI=1S/C11H15BrClNO/c1-8(7-15-2)14-6-9-5-10(12)3-4-11(9)13/h3-5,8,14H,6-7H2,1-2H3.